The lowest BCUT2D eigenvalue weighted by molar-refractivity contribution is 0.277. The summed E-state index contributed by atoms with van der Waals surface area (Å²) in [6.07, 6.45) is 4.02. The van der Waals surface area contributed by atoms with Crippen LogP contribution in [0.3, 0.4) is 0 Å². The van der Waals surface area contributed by atoms with Crippen molar-refractivity contribution in [3.05, 3.63) is 35.4 Å². The fourth-order valence-electron chi connectivity index (χ4n) is 3.15. The van der Waals surface area contributed by atoms with E-state index < -0.39 is 11.6 Å². The minimum absolute atomic E-state index is 0. The van der Waals surface area contributed by atoms with Gasteiger partial charge in [0.05, 0.1) is 6.54 Å². The Hall–Kier alpha value is -0.920. The number of guanidine groups is 1. The maximum atomic E-state index is 14.0. The third-order valence-electron chi connectivity index (χ3n) is 5.01. The van der Waals surface area contributed by atoms with E-state index in [4.69, 9.17) is 5.73 Å². The van der Waals surface area contributed by atoms with E-state index >= 15 is 0 Å². The van der Waals surface area contributed by atoms with Crippen LogP contribution in [0.5, 0.6) is 0 Å². The molecule has 1 saturated carbocycles. The molecule has 2 aliphatic rings. The zero-order valence-corrected chi connectivity index (χ0v) is 15.7. The lowest BCUT2D eigenvalue weighted by Gasteiger charge is -2.31. The second-order valence-electron chi connectivity index (χ2n) is 6.75. The quantitative estimate of drug-likeness (QED) is 0.448. The van der Waals surface area contributed by atoms with Gasteiger partial charge in [-0.15, -0.1) is 24.0 Å². The average Bonchev–Trinajstić information content (AvgIpc) is 3.26. The Morgan fingerprint density at radius 2 is 1.96 bits per heavy atom. The number of halogens is 3. The summed E-state index contributed by atoms with van der Waals surface area (Å²) < 4.78 is 27.0. The molecule has 128 valence electrons. The molecule has 23 heavy (non-hydrogen) atoms. The molecule has 1 saturated heterocycles. The molecule has 0 radical (unpaired) electrons. The molecule has 0 aromatic heterocycles. The van der Waals surface area contributed by atoms with E-state index in [1.165, 1.54) is 6.07 Å². The van der Waals surface area contributed by atoms with Gasteiger partial charge in [-0.25, -0.2) is 8.78 Å². The Bertz CT molecular complexity index is 579. The number of hydrogen-bond acceptors (Lipinski definition) is 1. The molecule has 1 aliphatic carbocycles. The molecule has 0 bridgehead atoms. The van der Waals surface area contributed by atoms with Crippen molar-refractivity contribution >= 4 is 29.9 Å². The molecule has 1 aromatic carbocycles. The number of piperidine rings is 1. The van der Waals surface area contributed by atoms with Crippen LogP contribution >= 0.6 is 24.0 Å². The summed E-state index contributed by atoms with van der Waals surface area (Å²) in [6, 6.07) is 3.82. The summed E-state index contributed by atoms with van der Waals surface area (Å²) in [4.78, 5) is 6.62. The van der Waals surface area contributed by atoms with Gasteiger partial charge in [-0.2, -0.15) is 0 Å². The summed E-state index contributed by atoms with van der Waals surface area (Å²) >= 11 is 0. The van der Waals surface area contributed by atoms with Crippen molar-refractivity contribution in [2.45, 2.75) is 38.0 Å². The van der Waals surface area contributed by atoms with E-state index in [1.807, 2.05) is 0 Å². The van der Waals surface area contributed by atoms with Crippen LogP contribution in [0.2, 0.25) is 0 Å². The number of nitrogens with zero attached hydrogens (tertiary/aromatic N) is 2. The zero-order valence-electron chi connectivity index (χ0n) is 13.4. The van der Waals surface area contributed by atoms with Gasteiger partial charge in [0.15, 0.2) is 5.96 Å². The van der Waals surface area contributed by atoms with Crippen LogP contribution in [-0.4, -0.2) is 30.5 Å². The van der Waals surface area contributed by atoms with Crippen LogP contribution in [-0.2, 0) is 5.41 Å². The third-order valence-corrected chi connectivity index (χ3v) is 5.01. The fraction of sp³-hybridized carbons (Fsp3) is 0.588. The molecule has 0 spiro atoms. The fourth-order valence-corrected chi connectivity index (χ4v) is 3.15. The molecule has 1 aliphatic heterocycles. The molecular weight excluding hydrogens is 411 g/mol. The van der Waals surface area contributed by atoms with Crippen LogP contribution in [0.1, 0.15) is 38.2 Å². The Morgan fingerprint density at radius 3 is 2.52 bits per heavy atom. The van der Waals surface area contributed by atoms with E-state index in [2.05, 4.69) is 16.8 Å². The van der Waals surface area contributed by atoms with Crippen LogP contribution < -0.4 is 5.73 Å². The van der Waals surface area contributed by atoms with E-state index in [0.29, 0.717) is 18.1 Å². The first-order chi connectivity index (χ1) is 10.5. The van der Waals surface area contributed by atoms with E-state index in [-0.39, 0.29) is 29.4 Å². The highest BCUT2D eigenvalue weighted by atomic mass is 127. The number of rotatable bonds is 3. The van der Waals surface area contributed by atoms with Crippen molar-refractivity contribution < 1.29 is 8.78 Å². The first kappa shape index (κ1) is 18.4. The van der Waals surface area contributed by atoms with E-state index in [9.17, 15) is 8.78 Å². The van der Waals surface area contributed by atoms with Crippen LogP contribution in [0.15, 0.2) is 23.2 Å². The van der Waals surface area contributed by atoms with Gasteiger partial charge in [0.25, 0.3) is 0 Å². The van der Waals surface area contributed by atoms with Crippen LogP contribution in [0.25, 0.3) is 0 Å². The van der Waals surface area contributed by atoms with Crippen LogP contribution in [0.4, 0.5) is 8.78 Å². The summed E-state index contributed by atoms with van der Waals surface area (Å²) in [5.41, 5.74) is 6.37. The first-order valence-electron chi connectivity index (χ1n) is 8.01. The lowest BCUT2D eigenvalue weighted by Crippen LogP contribution is -2.42. The highest BCUT2D eigenvalue weighted by Crippen LogP contribution is 2.49. The SMILES string of the molecule is CC1CCN(C(N)=NCC2(c3ccc(F)cc3F)CC2)CC1.I. The predicted octanol–water partition coefficient (Wildman–Crippen LogP) is 3.66. The summed E-state index contributed by atoms with van der Waals surface area (Å²) in [6.45, 7) is 4.61. The molecule has 2 fully saturated rings. The summed E-state index contributed by atoms with van der Waals surface area (Å²) in [7, 11) is 0. The standard InChI is InChI=1S/C17H23F2N3.HI/c1-12-4-8-22(9-5-12)16(20)21-11-17(6-7-17)14-3-2-13(18)10-15(14)19;/h2-3,10,12H,4-9,11H2,1H3,(H2,20,21);1H. The zero-order chi connectivity index (χ0) is 15.7. The first-order valence-corrected chi connectivity index (χ1v) is 8.01. The van der Waals surface area contributed by atoms with Crippen molar-refractivity contribution in [1.82, 2.24) is 4.90 Å². The molecule has 2 N–H and O–H groups in total. The lowest BCUT2D eigenvalue weighted by atomic mass is 9.95. The number of likely N-dealkylation sites (tertiary alicyclic amines) is 1. The smallest absolute Gasteiger partial charge is 0.191 e. The molecule has 0 amide bonds. The maximum Gasteiger partial charge on any atom is 0.191 e. The van der Waals surface area contributed by atoms with Gasteiger partial charge in [-0.3, -0.25) is 4.99 Å². The Labute approximate surface area is 153 Å². The molecular formula is C17H24F2IN3. The van der Waals surface area contributed by atoms with Gasteiger partial charge in [0.2, 0.25) is 0 Å². The minimum atomic E-state index is -0.539. The van der Waals surface area contributed by atoms with E-state index in [0.717, 1.165) is 50.8 Å². The van der Waals surface area contributed by atoms with E-state index in [1.54, 1.807) is 6.07 Å². The van der Waals surface area contributed by atoms with Crippen molar-refractivity contribution in [3.8, 4) is 0 Å². The van der Waals surface area contributed by atoms with Crippen molar-refractivity contribution in [2.24, 2.45) is 16.6 Å². The highest BCUT2D eigenvalue weighted by Gasteiger charge is 2.46. The Balaban J connectivity index is 0.00000192. The summed E-state index contributed by atoms with van der Waals surface area (Å²) in [5.74, 6) is 0.286. The number of aliphatic imine (C=N–C) groups is 1. The van der Waals surface area contributed by atoms with Gasteiger partial charge in [0, 0.05) is 24.6 Å². The number of nitrogens with two attached hydrogens (primary N) is 1. The number of benzene rings is 1. The third kappa shape index (κ3) is 4.14. The summed E-state index contributed by atoms with van der Waals surface area (Å²) in [5, 5.41) is 0. The predicted molar refractivity (Wildman–Crippen MR) is 99.1 cm³/mol. The molecule has 0 atom stereocenters. The van der Waals surface area contributed by atoms with Crippen molar-refractivity contribution in [3.63, 3.8) is 0 Å². The van der Waals surface area contributed by atoms with Gasteiger partial charge in [0.1, 0.15) is 11.6 Å². The largest absolute Gasteiger partial charge is 0.370 e. The molecule has 1 heterocycles. The molecule has 6 heteroatoms. The van der Waals surface area contributed by atoms with Crippen molar-refractivity contribution in [2.75, 3.05) is 19.6 Å². The number of hydrogen-bond donors (Lipinski definition) is 1. The van der Waals surface area contributed by atoms with Crippen molar-refractivity contribution in [1.29, 1.82) is 0 Å². The topological polar surface area (TPSA) is 41.6 Å². The monoisotopic (exact) mass is 435 g/mol. The van der Waals surface area contributed by atoms with Gasteiger partial charge in [-0.05, 0) is 43.2 Å². The molecule has 3 rings (SSSR count). The maximum absolute atomic E-state index is 14.0. The second kappa shape index (κ2) is 7.32. The molecule has 0 unspecified atom stereocenters. The minimum Gasteiger partial charge on any atom is -0.370 e. The highest BCUT2D eigenvalue weighted by molar-refractivity contribution is 14.0. The molecule has 3 nitrogen and oxygen atoms in total. The normalized spacial score (nSPS) is 21.0. The van der Waals surface area contributed by atoms with Gasteiger partial charge < -0.3 is 10.6 Å². The molecule has 1 aromatic rings. The van der Waals surface area contributed by atoms with Crippen LogP contribution in [0, 0.1) is 17.6 Å². The van der Waals surface area contributed by atoms with Gasteiger partial charge in [-0.1, -0.05) is 13.0 Å². The van der Waals surface area contributed by atoms with Gasteiger partial charge >= 0.3 is 0 Å². The average molecular weight is 435 g/mol. The Morgan fingerprint density at radius 1 is 1.30 bits per heavy atom. The second-order valence-corrected chi connectivity index (χ2v) is 6.75. The Kier molecular flexibility index (Phi) is 5.86.